The molecule has 0 saturated heterocycles. The summed E-state index contributed by atoms with van der Waals surface area (Å²) in [4.78, 5) is 24.1. The first-order chi connectivity index (χ1) is 8.00. The van der Waals surface area contributed by atoms with Gasteiger partial charge in [-0.3, -0.25) is 20.2 Å². The van der Waals surface area contributed by atoms with Gasteiger partial charge in [-0.05, 0) is 13.0 Å². The highest BCUT2D eigenvalue weighted by Gasteiger charge is 2.16. The Morgan fingerprint density at radius 2 is 1.88 bits per heavy atom. The normalized spacial score (nSPS) is 10.4. The Morgan fingerprint density at radius 1 is 1.18 bits per heavy atom. The van der Waals surface area contributed by atoms with Crippen LogP contribution in [0.2, 0.25) is 0 Å². The van der Waals surface area contributed by atoms with Crippen LogP contribution in [0.25, 0.3) is 10.9 Å². The molecule has 0 saturated carbocycles. The third-order valence-corrected chi connectivity index (χ3v) is 2.50. The molecule has 2 aromatic rings. The van der Waals surface area contributed by atoms with E-state index in [2.05, 4.69) is 4.98 Å². The van der Waals surface area contributed by atoms with Crippen LogP contribution >= 0.6 is 0 Å². The van der Waals surface area contributed by atoms with Crippen molar-refractivity contribution in [1.29, 1.82) is 0 Å². The highest BCUT2D eigenvalue weighted by atomic mass is 16.6. The van der Waals surface area contributed by atoms with Crippen LogP contribution in [0.15, 0.2) is 24.4 Å². The third-order valence-electron chi connectivity index (χ3n) is 2.50. The highest BCUT2D eigenvalue weighted by molar-refractivity contribution is 5.86. The lowest BCUT2D eigenvalue weighted by molar-refractivity contribution is -0.385. The summed E-state index contributed by atoms with van der Waals surface area (Å²) < 4.78 is 0. The van der Waals surface area contributed by atoms with Crippen molar-refractivity contribution in [1.82, 2.24) is 4.98 Å². The molecule has 7 heteroatoms. The maximum absolute atomic E-state index is 10.7. The van der Waals surface area contributed by atoms with E-state index in [-0.39, 0.29) is 11.4 Å². The average Bonchev–Trinajstić information content (AvgIpc) is 2.28. The monoisotopic (exact) mass is 233 g/mol. The van der Waals surface area contributed by atoms with Crippen molar-refractivity contribution < 1.29 is 9.85 Å². The van der Waals surface area contributed by atoms with Crippen LogP contribution in [0.4, 0.5) is 11.4 Å². The van der Waals surface area contributed by atoms with Gasteiger partial charge in [-0.15, -0.1) is 0 Å². The van der Waals surface area contributed by atoms with Crippen molar-refractivity contribution >= 4 is 22.3 Å². The fourth-order valence-corrected chi connectivity index (χ4v) is 1.60. The molecule has 0 amide bonds. The van der Waals surface area contributed by atoms with Crippen molar-refractivity contribution in [3.8, 4) is 0 Å². The molecule has 1 aromatic carbocycles. The van der Waals surface area contributed by atoms with E-state index >= 15 is 0 Å². The zero-order chi connectivity index (χ0) is 12.6. The van der Waals surface area contributed by atoms with Crippen molar-refractivity contribution in [2.45, 2.75) is 6.92 Å². The van der Waals surface area contributed by atoms with Crippen molar-refractivity contribution in [3.05, 3.63) is 50.2 Å². The Hall–Kier alpha value is -2.57. The largest absolute Gasteiger partial charge is 0.291 e. The van der Waals surface area contributed by atoms with E-state index in [9.17, 15) is 20.2 Å². The maximum Gasteiger partial charge on any atom is 0.291 e. The first-order valence-corrected chi connectivity index (χ1v) is 4.69. The van der Waals surface area contributed by atoms with Crippen LogP contribution < -0.4 is 0 Å². The number of rotatable bonds is 2. The van der Waals surface area contributed by atoms with Gasteiger partial charge < -0.3 is 0 Å². The number of benzene rings is 1. The molecule has 7 nitrogen and oxygen atoms in total. The van der Waals surface area contributed by atoms with Crippen LogP contribution in [0, 0.1) is 27.2 Å². The summed E-state index contributed by atoms with van der Waals surface area (Å²) in [7, 11) is 0. The number of nitro groups is 2. The summed E-state index contributed by atoms with van der Waals surface area (Å²) in [6, 6.07) is 4.09. The SMILES string of the molecule is Cc1c([N+](=O)[O-])cnc2ccc([N+](=O)[O-])cc12. The smallest absolute Gasteiger partial charge is 0.258 e. The topological polar surface area (TPSA) is 99.2 Å². The third kappa shape index (κ3) is 1.78. The molecule has 0 fully saturated rings. The fraction of sp³-hybridized carbons (Fsp3) is 0.100. The Kier molecular flexibility index (Phi) is 2.43. The second-order valence-corrected chi connectivity index (χ2v) is 3.48. The van der Waals surface area contributed by atoms with Crippen LogP contribution in [0.5, 0.6) is 0 Å². The molecule has 0 bridgehead atoms. The number of hydrogen-bond acceptors (Lipinski definition) is 5. The molecular formula is C10H7N3O4. The highest BCUT2D eigenvalue weighted by Crippen LogP contribution is 2.27. The predicted octanol–water partition coefficient (Wildman–Crippen LogP) is 2.36. The Balaban J connectivity index is 2.78. The Morgan fingerprint density at radius 3 is 2.47 bits per heavy atom. The van der Waals surface area contributed by atoms with E-state index < -0.39 is 9.85 Å². The molecule has 0 radical (unpaired) electrons. The molecule has 0 unspecified atom stereocenters. The zero-order valence-corrected chi connectivity index (χ0v) is 8.78. The van der Waals surface area contributed by atoms with Crippen molar-refractivity contribution in [3.63, 3.8) is 0 Å². The molecule has 0 N–H and O–H groups in total. The lowest BCUT2D eigenvalue weighted by Gasteiger charge is -2.02. The summed E-state index contributed by atoms with van der Waals surface area (Å²) in [6.07, 6.45) is 1.16. The Bertz CT molecular complexity index is 633. The van der Waals surface area contributed by atoms with E-state index in [4.69, 9.17) is 0 Å². The number of aromatic nitrogens is 1. The van der Waals surface area contributed by atoms with E-state index in [1.807, 2.05) is 0 Å². The first-order valence-electron chi connectivity index (χ1n) is 4.69. The number of nitro benzene ring substituents is 1. The van der Waals surface area contributed by atoms with Gasteiger partial charge in [-0.2, -0.15) is 0 Å². The predicted molar refractivity (Wildman–Crippen MR) is 59.8 cm³/mol. The molecular weight excluding hydrogens is 226 g/mol. The lowest BCUT2D eigenvalue weighted by Crippen LogP contribution is -1.95. The quantitative estimate of drug-likeness (QED) is 0.585. The number of aryl methyl sites for hydroxylation is 1. The summed E-state index contributed by atoms with van der Waals surface area (Å²) in [6.45, 7) is 1.55. The first kappa shape index (κ1) is 10.9. The molecule has 86 valence electrons. The number of fused-ring (bicyclic) bond motifs is 1. The van der Waals surface area contributed by atoms with Crippen molar-refractivity contribution in [2.24, 2.45) is 0 Å². The van der Waals surface area contributed by atoms with Gasteiger partial charge in [0, 0.05) is 23.1 Å². The van der Waals surface area contributed by atoms with Crippen LogP contribution in [0.1, 0.15) is 5.56 Å². The van der Waals surface area contributed by atoms with Gasteiger partial charge in [0.05, 0.1) is 15.4 Å². The van der Waals surface area contributed by atoms with E-state index in [1.54, 1.807) is 6.92 Å². The molecule has 2 rings (SSSR count). The van der Waals surface area contributed by atoms with Crippen molar-refractivity contribution in [2.75, 3.05) is 0 Å². The molecule has 1 heterocycles. The van der Waals surface area contributed by atoms with E-state index in [0.717, 1.165) is 6.20 Å². The standard InChI is InChI=1S/C10H7N3O4/c1-6-8-4-7(12(14)15)2-3-9(8)11-5-10(6)13(16)17/h2-5H,1H3. The van der Waals surface area contributed by atoms with Gasteiger partial charge in [-0.1, -0.05) is 0 Å². The number of nitrogens with zero attached hydrogens (tertiary/aromatic N) is 3. The summed E-state index contributed by atoms with van der Waals surface area (Å²) in [5.74, 6) is 0. The van der Waals surface area contributed by atoms with Gasteiger partial charge in [0.25, 0.3) is 11.4 Å². The lowest BCUT2D eigenvalue weighted by atomic mass is 10.1. The molecule has 0 atom stereocenters. The fourth-order valence-electron chi connectivity index (χ4n) is 1.60. The number of non-ortho nitro benzene ring substituents is 1. The second kappa shape index (κ2) is 3.78. The van der Waals surface area contributed by atoms with Gasteiger partial charge in [0.1, 0.15) is 6.20 Å². The van der Waals surface area contributed by atoms with Gasteiger partial charge in [0.2, 0.25) is 0 Å². The van der Waals surface area contributed by atoms with Gasteiger partial charge in [-0.25, -0.2) is 4.98 Å². The van der Waals surface area contributed by atoms with Crippen LogP contribution in [0.3, 0.4) is 0 Å². The van der Waals surface area contributed by atoms with Crippen LogP contribution in [-0.4, -0.2) is 14.8 Å². The summed E-state index contributed by atoms with van der Waals surface area (Å²) in [5.41, 5.74) is 0.628. The molecule has 0 aliphatic rings. The molecule has 1 aromatic heterocycles. The molecule has 0 aliphatic heterocycles. The minimum atomic E-state index is -0.555. The minimum absolute atomic E-state index is 0.108. The van der Waals surface area contributed by atoms with Gasteiger partial charge >= 0.3 is 0 Å². The van der Waals surface area contributed by atoms with E-state index in [0.29, 0.717) is 16.5 Å². The second-order valence-electron chi connectivity index (χ2n) is 3.48. The zero-order valence-electron chi connectivity index (χ0n) is 8.78. The number of pyridine rings is 1. The van der Waals surface area contributed by atoms with Crippen LogP contribution in [-0.2, 0) is 0 Å². The summed E-state index contributed by atoms with van der Waals surface area (Å²) in [5, 5.41) is 21.8. The molecule has 0 spiro atoms. The maximum atomic E-state index is 10.7. The average molecular weight is 233 g/mol. The molecule has 0 aliphatic carbocycles. The van der Waals surface area contributed by atoms with Gasteiger partial charge in [0.15, 0.2) is 0 Å². The number of hydrogen-bond donors (Lipinski definition) is 0. The Labute approximate surface area is 95.0 Å². The summed E-state index contributed by atoms with van der Waals surface area (Å²) >= 11 is 0. The minimum Gasteiger partial charge on any atom is -0.258 e. The van der Waals surface area contributed by atoms with E-state index in [1.165, 1.54) is 18.2 Å². The molecule has 17 heavy (non-hydrogen) atoms.